The lowest BCUT2D eigenvalue weighted by atomic mass is 9.96. The van der Waals surface area contributed by atoms with Gasteiger partial charge in [-0.25, -0.2) is 0 Å². The molecular weight excluding hydrogens is 182 g/mol. The maximum Gasteiger partial charge on any atom is 0.00979 e. The quantitative estimate of drug-likeness (QED) is 0.683. The molecule has 1 nitrogen and oxygen atoms in total. The molecule has 0 aromatic heterocycles. The van der Waals surface area contributed by atoms with E-state index < -0.39 is 0 Å². The fourth-order valence-electron chi connectivity index (χ4n) is 3.35. The minimum Gasteiger partial charge on any atom is -0.311 e. The first-order chi connectivity index (χ1) is 7.27. The molecule has 3 unspecified atom stereocenters. The molecule has 0 saturated heterocycles. The second-order valence-corrected chi connectivity index (χ2v) is 5.88. The van der Waals surface area contributed by atoms with Crippen LogP contribution in [0.3, 0.4) is 0 Å². The molecule has 0 radical (unpaired) electrons. The minimum atomic E-state index is 0.822. The van der Waals surface area contributed by atoms with Gasteiger partial charge in [-0.05, 0) is 37.5 Å². The Morgan fingerprint density at radius 3 is 2.00 bits per heavy atom. The Bertz CT molecular complexity index is 182. The topological polar surface area (TPSA) is 12.0 Å². The van der Waals surface area contributed by atoms with Crippen molar-refractivity contribution in [2.24, 2.45) is 11.8 Å². The monoisotopic (exact) mass is 209 g/mol. The summed E-state index contributed by atoms with van der Waals surface area (Å²) in [5, 5.41) is 3.94. The highest BCUT2D eigenvalue weighted by Gasteiger charge is 2.30. The normalized spacial score (nSPS) is 39.2. The van der Waals surface area contributed by atoms with Gasteiger partial charge >= 0.3 is 0 Å². The van der Waals surface area contributed by atoms with Crippen molar-refractivity contribution in [3.63, 3.8) is 0 Å². The van der Waals surface area contributed by atoms with Crippen LogP contribution >= 0.6 is 0 Å². The molecule has 0 spiro atoms. The molecule has 0 bridgehead atoms. The Balaban J connectivity index is 1.80. The van der Waals surface area contributed by atoms with Crippen molar-refractivity contribution in [2.75, 3.05) is 0 Å². The van der Waals surface area contributed by atoms with Gasteiger partial charge in [0.15, 0.2) is 0 Å². The maximum atomic E-state index is 3.94. The van der Waals surface area contributed by atoms with Crippen molar-refractivity contribution in [2.45, 2.75) is 77.3 Å². The Labute approximate surface area is 95.0 Å². The summed E-state index contributed by atoms with van der Waals surface area (Å²) in [6.45, 7) is 4.85. The SMILES string of the molecule is CC1CCC(NC2CCCCCC2)C1C. The Hall–Kier alpha value is -0.0400. The van der Waals surface area contributed by atoms with Crippen LogP contribution in [0.2, 0.25) is 0 Å². The summed E-state index contributed by atoms with van der Waals surface area (Å²) in [5.74, 6) is 1.83. The van der Waals surface area contributed by atoms with Crippen molar-refractivity contribution in [3.05, 3.63) is 0 Å². The van der Waals surface area contributed by atoms with Crippen LogP contribution in [-0.4, -0.2) is 12.1 Å². The van der Waals surface area contributed by atoms with Gasteiger partial charge in [-0.3, -0.25) is 0 Å². The van der Waals surface area contributed by atoms with E-state index in [1.807, 2.05) is 0 Å². The highest BCUT2D eigenvalue weighted by atomic mass is 15.0. The van der Waals surface area contributed by atoms with Gasteiger partial charge < -0.3 is 5.32 Å². The standard InChI is InChI=1S/C14H27N/c1-11-9-10-14(12(11)2)15-13-7-5-3-4-6-8-13/h11-15H,3-10H2,1-2H3. The summed E-state index contributed by atoms with van der Waals surface area (Å²) in [7, 11) is 0. The molecule has 2 aliphatic rings. The molecule has 3 atom stereocenters. The first kappa shape index (κ1) is 11.4. The van der Waals surface area contributed by atoms with Crippen molar-refractivity contribution in [3.8, 4) is 0 Å². The average Bonchev–Trinajstić information content (AvgIpc) is 2.50. The average molecular weight is 209 g/mol. The van der Waals surface area contributed by atoms with Crippen LogP contribution in [0.25, 0.3) is 0 Å². The van der Waals surface area contributed by atoms with Gasteiger partial charge in [-0.15, -0.1) is 0 Å². The zero-order valence-corrected chi connectivity index (χ0v) is 10.5. The predicted molar refractivity (Wildman–Crippen MR) is 66.0 cm³/mol. The Morgan fingerprint density at radius 2 is 1.47 bits per heavy atom. The van der Waals surface area contributed by atoms with Crippen LogP contribution < -0.4 is 5.32 Å². The fourth-order valence-corrected chi connectivity index (χ4v) is 3.35. The van der Waals surface area contributed by atoms with E-state index in [-0.39, 0.29) is 0 Å². The van der Waals surface area contributed by atoms with E-state index >= 15 is 0 Å². The van der Waals surface area contributed by atoms with E-state index in [4.69, 9.17) is 0 Å². The third kappa shape index (κ3) is 2.96. The van der Waals surface area contributed by atoms with Crippen LogP contribution in [0, 0.1) is 11.8 Å². The van der Waals surface area contributed by atoms with Gasteiger partial charge in [0.2, 0.25) is 0 Å². The lowest BCUT2D eigenvalue weighted by Gasteiger charge is -2.25. The van der Waals surface area contributed by atoms with Crippen molar-refractivity contribution >= 4 is 0 Å². The van der Waals surface area contributed by atoms with Gasteiger partial charge in [-0.2, -0.15) is 0 Å². The van der Waals surface area contributed by atoms with Gasteiger partial charge in [0.05, 0.1) is 0 Å². The summed E-state index contributed by atoms with van der Waals surface area (Å²) in [6.07, 6.45) is 11.5. The Kier molecular flexibility index (Phi) is 4.07. The number of rotatable bonds is 2. The molecule has 1 N–H and O–H groups in total. The molecule has 88 valence electrons. The van der Waals surface area contributed by atoms with E-state index in [0.29, 0.717) is 0 Å². The maximum absolute atomic E-state index is 3.94. The molecule has 0 heterocycles. The van der Waals surface area contributed by atoms with Crippen LogP contribution in [0.1, 0.15) is 65.2 Å². The lowest BCUT2D eigenvalue weighted by molar-refractivity contribution is 0.321. The van der Waals surface area contributed by atoms with Crippen LogP contribution in [0.4, 0.5) is 0 Å². The molecule has 2 saturated carbocycles. The molecule has 1 heteroatoms. The highest BCUT2D eigenvalue weighted by molar-refractivity contribution is 4.87. The van der Waals surface area contributed by atoms with Crippen LogP contribution in [-0.2, 0) is 0 Å². The predicted octanol–water partition coefficient (Wildman–Crippen LogP) is 3.73. The summed E-state index contributed by atoms with van der Waals surface area (Å²) in [6, 6.07) is 1.66. The minimum absolute atomic E-state index is 0.822. The zero-order chi connectivity index (χ0) is 10.7. The summed E-state index contributed by atoms with van der Waals surface area (Å²) >= 11 is 0. The Morgan fingerprint density at radius 1 is 0.800 bits per heavy atom. The van der Waals surface area contributed by atoms with Gasteiger partial charge in [0.1, 0.15) is 0 Å². The fraction of sp³-hybridized carbons (Fsp3) is 1.00. The molecule has 0 aromatic rings. The molecule has 2 aliphatic carbocycles. The molecule has 0 amide bonds. The molecule has 2 rings (SSSR count). The van der Waals surface area contributed by atoms with Crippen LogP contribution in [0.15, 0.2) is 0 Å². The number of nitrogens with one attached hydrogen (secondary N) is 1. The summed E-state index contributed by atoms with van der Waals surface area (Å²) < 4.78 is 0. The molecule has 15 heavy (non-hydrogen) atoms. The van der Waals surface area contributed by atoms with Crippen molar-refractivity contribution in [1.29, 1.82) is 0 Å². The smallest absolute Gasteiger partial charge is 0.00979 e. The largest absolute Gasteiger partial charge is 0.311 e. The highest BCUT2D eigenvalue weighted by Crippen LogP contribution is 2.32. The summed E-state index contributed by atoms with van der Waals surface area (Å²) in [5.41, 5.74) is 0. The first-order valence-corrected chi connectivity index (χ1v) is 7.03. The lowest BCUT2D eigenvalue weighted by Crippen LogP contribution is -2.40. The molecule has 0 aromatic carbocycles. The van der Waals surface area contributed by atoms with E-state index in [0.717, 1.165) is 23.9 Å². The molecular formula is C14H27N. The van der Waals surface area contributed by atoms with E-state index in [9.17, 15) is 0 Å². The van der Waals surface area contributed by atoms with E-state index in [2.05, 4.69) is 19.2 Å². The van der Waals surface area contributed by atoms with Gasteiger partial charge in [-0.1, -0.05) is 39.5 Å². The zero-order valence-electron chi connectivity index (χ0n) is 10.5. The second kappa shape index (κ2) is 5.34. The number of hydrogen-bond acceptors (Lipinski definition) is 1. The molecule has 2 fully saturated rings. The van der Waals surface area contributed by atoms with Crippen molar-refractivity contribution < 1.29 is 0 Å². The van der Waals surface area contributed by atoms with Crippen LogP contribution in [0.5, 0.6) is 0 Å². The van der Waals surface area contributed by atoms with E-state index in [1.54, 1.807) is 0 Å². The second-order valence-electron chi connectivity index (χ2n) is 5.88. The molecule has 0 aliphatic heterocycles. The third-order valence-electron chi connectivity index (χ3n) is 4.77. The van der Waals surface area contributed by atoms with E-state index in [1.165, 1.54) is 51.4 Å². The van der Waals surface area contributed by atoms with Crippen molar-refractivity contribution in [1.82, 2.24) is 5.32 Å². The van der Waals surface area contributed by atoms with Gasteiger partial charge in [0.25, 0.3) is 0 Å². The summed E-state index contributed by atoms with van der Waals surface area (Å²) in [4.78, 5) is 0. The first-order valence-electron chi connectivity index (χ1n) is 7.03. The van der Waals surface area contributed by atoms with Gasteiger partial charge in [0, 0.05) is 12.1 Å². The third-order valence-corrected chi connectivity index (χ3v) is 4.77. The number of hydrogen-bond donors (Lipinski definition) is 1.